The Morgan fingerprint density at radius 3 is 2.62 bits per heavy atom. The lowest BCUT2D eigenvalue weighted by Crippen LogP contribution is -2.21. The number of hydrogen-bond acceptors (Lipinski definition) is 3. The number of rotatable bonds is 4. The van der Waals surface area contributed by atoms with Gasteiger partial charge in [0.25, 0.3) is 0 Å². The van der Waals surface area contributed by atoms with Gasteiger partial charge in [-0.05, 0) is 52.3 Å². The number of nitrogens with one attached hydrogen (secondary N) is 1. The fourth-order valence-corrected chi connectivity index (χ4v) is 2.34. The molecule has 0 aliphatic heterocycles. The van der Waals surface area contributed by atoms with Crippen LogP contribution in [0.2, 0.25) is 0 Å². The molecule has 4 nitrogen and oxygen atoms in total. The maximum Gasteiger partial charge on any atom is 0.250 e. The van der Waals surface area contributed by atoms with Crippen molar-refractivity contribution in [2.24, 2.45) is 0 Å². The van der Waals surface area contributed by atoms with Gasteiger partial charge in [-0.2, -0.15) is 0 Å². The number of carbonyl (C=O) groups is 1. The molecule has 0 aliphatic rings. The zero-order valence-electron chi connectivity index (χ0n) is 13.3. The SMILES string of the molecule is Cc1cc(C)c2nc(C)cc(NC(=O)COC(C)C)c2c1. The molecule has 0 atom stereocenters. The maximum absolute atomic E-state index is 12.0. The fraction of sp³-hybridized carbons (Fsp3) is 0.412. The van der Waals surface area contributed by atoms with Gasteiger partial charge in [-0.3, -0.25) is 9.78 Å². The van der Waals surface area contributed by atoms with Gasteiger partial charge >= 0.3 is 0 Å². The highest BCUT2D eigenvalue weighted by molar-refractivity contribution is 6.02. The number of amides is 1. The van der Waals surface area contributed by atoms with E-state index in [1.54, 1.807) is 0 Å². The Kier molecular flexibility index (Phi) is 4.58. The molecule has 0 fully saturated rings. The first-order valence-corrected chi connectivity index (χ1v) is 7.17. The molecule has 21 heavy (non-hydrogen) atoms. The van der Waals surface area contributed by atoms with Crippen LogP contribution < -0.4 is 5.32 Å². The van der Waals surface area contributed by atoms with Crippen LogP contribution >= 0.6 is 0 Å². The van der Waals surface area contributed by atoms with E-state index in [4.69, 9.17) is 4.74 Å². The van der Waals surface area contributed by atoms with Crippen LogP contribution in [0.3, 0.4) is 0 Å². The minimum Gasteiger partial charge on any atom is -0.369 e. The quantitative estimate of drug-likeness (QED) is 0.935. The van der Waals surface area contributed by atoms with Crippen LogP contribution in [0.1, 0.15) is 30.7 Å². The Hall–Kier alpha value is -1.94. The summed E-state index contributed by atoms with van der Waals surface area (Å²) in [5.41, 5.74) is 4.87. The molecular weight excluding hydrogens is 264 g/mol. The summed E-state index contributed by atoms with van der Waals surface area (Å²) in [6.07, 6.45) is 0.0381. The topological polar surface area (TPSA) is 51.2 Å². The number of benzene rings is 1. The molecule has 0 saturated carbocycles. The number of fused-ring (bicyclic) bond motifs is 1. The van der Waals surface area contributed by atoms with Gasteiger partial charge in [-0.15, -0.1) is 0 Å². The van der Waals surface area contributed by atoms with E-state index in [1.807, 2.05) is 46.8 Å². The van der Waals surface area contributed by atoms with Gasteiger partial charge < -0.3 is 10.1 Å². The summed E-state index contributed by atoms with van der Waals surface area (Å²) in [7, 11) is 0. The van der Waals surface area contributed by atoms with E-state index in [2.05, 4.69) is 16.4 Å². The second-order valence-electron chi connectivity index (χ2n) is 5.70. The lowest BCUT2D eigenvalue weighted by molar-refractivity contribution is -0.121. The largest absolute Gasteiger partial charge is 0.369 e. The standard InChI is InChI=1S/C17H22N2O2/c1-10(2)21-9-16(20)19-15-8-13(5)18-17-12(4)6-11(3)7-14(15)17/h6-8,10H,9H2,1-5H3,(H,18,19,20). The van der Waals surface area contributed by atoms with Crippen molar-refractivity contribution in [2.45, 2.75) is 40.7 Å². The molecule has 112 valence electrons. The average molecular weight is 286 g/mol. The molecule has 1 aromatic carbocycles. The van der Waals surface area contributed by atoms with E-state index < -0.39 is 0 Å². The van der Waals surface area contributed by atoms with Gasteiger partial charge in [0.1, 0.15) is 6.61 Å². The molecule has 0 unspecified atom stereocenters. The summed E-state index contributed by atoms with van der Waals surface area (Å²) in [6, 6.07) is 6.05. The molecule has 0 spiro atoms. The summed E-state index contributed by atoms with van der Waals surface area (Å²) >= 11 is 0. The minimum atomic E-state index is -0.144. The van der Waals surface area contributed by atoms with Crippen LogP contribution in [-0.4, -0.2) is 23.6 Å². The number of nitrogens with zero attached hydrogens (tertiary/aromatic N) is 1. The molecule has 1 amide bonds. The second-order valence-corrected chi connectivity index (χ2v) is 5.70. The monoisotopic (exact) mass is 286 g/mol. The second kappa shape index (κ2) is 6.22. The molecule has 0 aliphatic carbocycles. The summed E-state index contributed by atoms with van der Waals surface area (Å²) < 4.78 is 5.34. The van der Waals surface area contributed by atoms with Crippen LogP contribution in [0.4, 0.5) is 5.69 Å². The molecule has 2 aromatic rings. The number of ether oxygens (including phenoxy) is 1. The van der Waals surface area contributed by atoms with E-state index in [0.29, 0.717) is 0 Å². The van der Waals surface area contributed by atoms with Crippen LogP contribution in [-0.2, 0) is 9.53 Å². The van der Waals surface area contributed by atoms with Crippen molar-refractivity contribution in [3.8, 4) is 0 Å². The predicted molar refractivity (Wildman–Crippen MR) is 85.7 cm³/mol. The first-order chi connectivity index (χ1) is 9.86. The maximum atomic E-state index is 12.0. The van der Waals surface area contributed by atoms with Crippen LogP contribution in [0.15, 0.2) is 18.2 Å². The minimum absolute atomic E-state index is 0.0381. The molecule has 4 heteroatoms. The summed E-state index contributed by atoms with van der Waals surface area (Å²) in [5.74, 6) is -0.144. The number of pyridine rings is 1. The molecular formula is C17H22N2O2. The Morgan fingerprint density at radius 2 is 1.95 bits per heavy atom. The van der Waals surface area contributed by atoms with Crippen molar-refractivity contribution >= 4 is 22.5 Å². The number of hydrogen-bond donors (Lipinski definition) is 1. The summed E-state index contributed by atoms with van der Waals surface area (Å²) in [6.45, 7) is 9.89. The van der Waals surface area contributed by atoms with Gasteiger partial charge in [-0.25, -0.2) is 0 Å². The Bertz CT molecular complexity index is 678. The van der Waals surface area contributed by atoms with E-state index in [0.717, 1.165) is 33.4 Å². The number of aryl methyl sites for hydroxylation is 3. The lowest BCUT2D eigenvalue weighted by Gasteiger charge is -2.13. The lowest BCUT2D eigenvalue weighted by atomic mass is 10.0. The fourth-order valence-electron chi connectivity index (χ4n) is 2.34. The molecule has 0 radical (unpaired) electrons. The number of anilines is 1. The normalized spacial score (nSPS) is 11.1. The zero-order valence-corrected chi connectivity index (χ0v) is 13.3. The van der Waals surface area contributed by atoms with Crippen molar-refractivity contribution in [1.82, 2.24) is 4.98 Å². The third-order valence-electron chi connectivity index (χ3n) is 3.20. The smallest absolute Gasteiger partial charge is 0.250 e. The zero-order chi connectivity index (χ0) is 15.6. The van der Waals surface area contributed by atoms with Crippen molar-refractivity contribution in [3.63, 3.8) is 0 Å². The summed E-state index contributed by atoms with van der Waals surface area (Å²) in [4.78, 5) is 16.6. The van der Waals surface area contributed by atoms with E-state index >= 15 is 0 Å². The van der Waals surface area contributed by atoms with Gasteiger partial charge in [0.15, 0.2) is 0 Å². The number of aromatic nitrogens is 1. The summed E-state index contributed by atoms with van der Waals surface area (Å²) in [5, 5.41) is 3.90. The van der Waals surface area contributed by atoms with E-state index in [9.17, 15) is 4.79 Å². The molecule has 1 aromatic heterocycles. The Labute approximate surface area is 125 Å². The first kappa shape index (κ1) is 15.4. The van der Waals surface area contributed by atoms with Crippen molar-refractivity contribution in [2.75, 3.05) is 11.9 Å². The van der Waals surface area contributed by atoms with Crippen LogP contribution in [0, 0.1) is 20.8 Å². The predicted octanol–water partition coefficient (Wildman–Crippen LogP) is 3.52. The van der Waals surface area contributed by atoms with Crippen molar-refractivity contribution in [3.05, 3.63) is 35.0 Å². The van der Waals surface area contributed by atoms with Crippen molar-refractivity contribution < 1.29 is 9.53 Å². The molecule has 2 rings (SSSR count). The molecule has 1 N–H and O–H groups in total. The molecule has 1 heterocycles. The van der Waals surface area contributed by atoms with Crippen LogP contribution in [0.5, 0.6) is 0 Å². The molecule has 0 bridgehead atoms. The highest BCUT2D eigenvalue weighted by Gasteiger charge is 2.10. The van der Waals surface area contributed by atoms with Gasteiger partial charge in [0.05, 0.1) is 17.3 Å². The Morgan fingerprint density at radius 1 is 1.24 bits per heavy atom. The third kappa shape index (κ3) is 3.79. The van der Waals surface area contributed by atoms with E-state index in [-0.39, 0.29) is 18.6 Å². The van der Waals surface area contributed by atoms with Gasteiger partial charge in [0.2, 0.25) is 5.91 Å². The molecule has 0 saturated heterocycles. The van der Waals surface area contributed by atoms with Gasteiger partial charge in [-0.1, -0.05) is 11.6 Å². The van der Waals surface area contributed by atoms with E-state index in [1.165, 1.54) is 0 Å². The highest BCUT2D eigenvalue weighted by Crippen LogP contribution is 2.27. The van der Waals surface area contributed by atoms with Gasteiger partial charge in [0, 0.05) is 11.1 Å². The number of carbonyl (C=O) groups excluding carboxylic acids is 1. The first-order valence-electron chi connectivity index (χ1n) is 7.17. The Balaban J connectivity index is 2.37. The van der Waals surface area contributed by atoms with Crippen molar-refractivity contribution in [1.29, 1.82) is 0 Å². The third-order valence-corrected chi connectivity index (χ3v) is 3.20. The highest BCUT2D eigenvalue weighted by atomic mass is 16.5. The van der Waals surface area contributed by atoms with Crippen LogP contribution in [0.25, 0.3) is 10.9 Å². The average Bonchev–Trinajstić information content (AvgIpc) is 2.38.